The number of carbonyl (C=O) groups excluding carboxylic acids is 1. The van der Waals surface area contributed by atoms with E-state index in [1.54, 1.807) is 6.92 Å². The largest absolute Gasteiger partial charge is 0.396 e. The Hall–Kier alpha value is -1.20. The number of carbonyl (C=O) groups is 1. The van der Waals surface area contributed by atoms with E-state index >= 15 is 0 Å². The van der Waals surface area contributed by atoms with Gasteiger partial charge >= 0.3 is 0 Å². The number of unbranched alkanes of at least 4 members (excludes halogenated alkanes) is 1. The smallest absolute Gasteiger partial charge is 0.156 e. The molecule has 2 N–H and O–H groups in total. The van der Waals surface area contributed by atoms with Crippen molar-refractivity contribution >= 4 is 23.7 Å². The van der Waals surface area contributed by atoms with E-state index in [4.69, 9.17) is 16.7 Å². The molecule has 88 valence electrons. The molecule has 5 nitrogen and oxygen atoms in total. The minimum atomic E-state index is 0.159. The van der Waals surface area contributed by atoms with Gasteiger partial charge < -0.3 is 10.4 Å². The van der Waals surface area contributed by atoms with Gasteiger partial charge in [0.2, 0.25) is 0 Å². The van der Waals surface area contributed by atoms with Crippen LogP contribution in [0.25, 0.3) is 0 Å². The van der Waals surface area contributed by atoms with E-state index in [0.29, 0.717) is 30.9 Å². The maximum atomic E-state index is 10.8. The molecule has 0 saturated heterocycles. The number of nitrogens with zero attached hydrogens (tertiary/aromatic N) is 2. The third-order valence-corrected chi connectivity index (χ3v) is 2.29. The van der Waals surface area contributed by atoms with E-state index < -0.39 is 0 Å². The summed E-state index contributed by atoms with van der Waals surface area (Å²) in [5, 5.41) is 11.8. The fourth-order valence-corrected chi connectivity index (χ4v) is 1.49. The highest BCUT2D eigenvalue weighted by Gasteiger charge is 2.10. The Balaban J connectivity index is 2.73. The average molecular weight is 244 g/mol. The highest BCUT2D eigenvalue weighted by atomic mass is 35.5. The molecule has 0 amide bonds. The van der Waals surface area contributed by atoms with Gasteiger partial charge in [-0.3, -0.25) is 4.79 Å². The van der Waals surface area contributed by atoms with Gasteiger partial charge in [-0.05, 0) is 19.8 Å². The summed E-state index contributed by atoms with van der Waals surface area (Å²) in [7, 11) is 0. The van der Waals surface area contributed by atoms with Gasteiger partial charge in [-0.25, -0.2) is 9.97 Å². The summed E-state index contributed by atoms with van der Waals surface area (Å²) in [5.74, 6) is 0.964. The fourth-order valence-electron chi connectivity index (χ4n) is 1.23. The van der Waals surface area contributed by atoms with E-state index in [-0.39, 0.29) is 17.3 Å². The van der Waals surface area contributed by atoms with Crippen LogP contribution in [0.5, 0.6) is 0 Å². The van der Waals surface area contributed by atoms with Gasteiger partial charge in [0.05, 0.1) is 5.56 Å². The molecule has 1 aromatic heterocycles. The molecule has 1 aromatic rings. The summed E-state index contributed by atoms with van der Waals surface area (Å²) >= 11 is 5.81. The Morgan fingerprint density at radius 1 is 1.44 bits per heavy atom. The molecule has 0 aromatic carbocycles. The molecule has 0 spiro atoms. The Labute approximate surface area is 98.9 Å². The van der Waals surface area contributed by atoms with E-state index in [1.807, 2.05) is 0 Å². The zero-order chi connectivity index (χ0) is 12.0. The van der Waals surface area contributed by atoms with E-state index in [2.05, 4.69) is 15.3 Å². The summed E-state index contributed by atoms with van der Waals surface area (Å²) in [6.07, 6.45) is 2.15. The minimum absolute atomic E-state index is 0.159. The number of nitrogens with one attached hydrogen (secondary N) is 1. The van der Waals surface area contributed by atoms with Crippen LogP contribution in [0, 0.1) is 6.92 Å². The number of aryl methyl sites for hydroxylation is 1. The normalized spacial score (nSPS) is 10.2. The van der Waals surface area contributed by atoms with Crippen molar-refractivity contribution in [2.75, 3.05) is 18.5 Å². The van der Waals surface area contributed by atoms with Gasteiger partial charge in [0.15, 0.2) is 6.29 Å². The molecule has 0 aliphatic heterocycles. The molecule has 0 fully saturated rings. The third-order valence-electron chi connectivity index (χ3n) is 2.01. The first-order valence-corrected chi connectivity index (χ1v) is 5.41. The van der Waals surface area contributed by atoms with Crippen LogP contribution in [0.3, 0.4) is 0 Å². The molecule has 0 aliphatic carbocycles. The van der Waals surface area contributed by atoms with E-state index in [0.717, 1.165) is 6.42 Å². The Morgan fingerprint density at radius 2 is 2.19 bits per heavy atom. The molecule has 0 aliphatic rings. The molecule has 6 heteroatoms. The Bertz CT molecular complexity index is 371. The van der Waals surface area contributed by atoms with Crippen LogP contribution in [-0.4, -0.2) is 34.5 Å². The van der Waals surface area contributed by atoms with Crippen LogP contribution < -0.4 is 5.32 Å². The topological polar surface area (TPSA) is 75.1 Å². The number of aldehydes is 1. The van der Waals surface area contributed by atoms with Gasteiger partial charge in [0.1, 0.15) is 16.8 Å². The molecule has 0 saturated carbocycles. The molecule has 1 heterocycles. The number of anilines is 1. The predicted molar refractivity (Wildman–Crippen MR) is 62.0 cm³/mol. The Kier molecular flexibility index (Phi) is 5.14. The molecule has 16 heavy (non-hydrogen) atoms. The lowest BCUT2D eigenvalue weighted by Crippen LogP contribution is -2.09. The van der Waals surface area contributed by atoms with Crippen LogP contribution in [0.1, 0.15) is 29.0 Å². The van der Waals surface area contributed by atoms with Gasteiger partial charge in [-0.1, -0.05) is 11.6 Å². The van der Waals surface area contributed by atoms with Crippen molar-refractivity contribution in [3.63, 3.8) is 0 Å². The van der Waals surface area contributed by atoms with Gasteiger partial charge in [-0.2, -0.15) is 0 Å². The molecule has 0 bridgehead atoms. The Morgan fingerprint density at radius 3 is 2.81 bits per heavy atom. The van der Waals surface area contributed by atoms with Crippen LogP contribution in [0.15, 0.2) is 0 Å². The van der Waals surface area contributed by atoms with Crippen LogP contribution in [0.4, 0.5) is 5.82 Å². The first-order chi connectivity index (χ1) is 7.69. The minimum Gasteiger partial charge on any atom is -0.396 e. The van der Waals surface area contributed by atoms with Gasteiger partial charge in [0.25, 0.3) is 0 Å². The monoisotopic (exact) mass is 243 g/mol. The van der Waals surface area contributed by atoms with Crippen molar-refractivity contribution in [2.24, 2.45) is 0 Å². The van der Waals surface area contributed by atoms with E-state index in [1.165, 1.54) is 0 Å². The molecule has 1 rings (SSSR count). The lowest BCUT2D eigenvalue weighted by atomic mass is 10.3. The van der Waals surface area contributed by atoms with Crippen molar-refractivity contribution in [1.82, 2.24) is 9.97 Å². The second-order valence-corrected chi connectivity index (χ2v) is 3.66. The average Bonchev–Trinajstić information content (AvgIpc) is 2.24. The van der Waals surface area contributed by atoms with Crippen molar-refractivity contribution in [3.8, 4) is 0 Å². The van der Waals surface area contributed by atoms with Crippen LogP contribution in [-0.2, 0) is 0 Å². The maximum absolute atomic E-state index is 10.8. The van der Waals surface area contributed by atoms with E-state index in [9.17, 15) is 4.79 Å². The first-order valence-electron chi connectivity index (χ1n) is 5.03. The number of rotatable bonds is 6. The lowest BCUT2D eigenvalue weighted by molar-refractivity contribution is 0.112. The standard InChI is InChI=1S/C10H14ClN3O2/c1-7-13-9(11)8(6-16)10(14-7)12-4-2-3-5-15/h6,15H,2-5H2,1H3,(H,12,13,14). The second-order valence-electron chi connectivity index (χ2n) is 3.30. The SMILES string of the molecule is Cc1nc(Cl)c(C=O)c(NCCCCO)n1. The highest BCUT2D eigenvalue weighted by molar-refractivity contribution is 6.32. The van der Waals surface area contributed by atoms with Crippen LogP contribution in [0.2, 0.25) is 5.15 Å². The number of aromatic nitrogens is 2. The zero-order valence-electron chi connectivity index (χ0n) is 9.03. The molecule has 0 radical (unpaired) electrons. The summed E-state index contributed by atoms with van der Waals surface area (Å²) < 4.78 is 0. The first kappa shape index (κ1) is 12.9. The number of halogens is 1. The van der Waals surface area contributed by atoms with Crippen molar-refractivity contribution in [1.29, 1.82) is 0 Å². The van der Waals surface area contributed by atoms with Gasteiger partial charge in [0, 0.05) is 13.2 Å². The third kappa shape index (κ3) is 3.43. The number of hydrogen-bond donors (Lipinski definition) is 2. The highest BCUT2D eigenvalue weighted by Crippen LogP contribution is 2.18. The quantitative estimate of drug-likeness (QED) is 0.449. The predicted octanol–water partition coefficient (Wildman–Crippen LogP) is 1.44. The summed E-state index contributed by atoms with van der Waals surface area (Å²) in [6.45, 7) is 2.50. The van der Waals surface area contributed by atoms with Gasteiger partial charge in [-0.15, -0.1) is 0 Å². The molecule has 0 unspecified atom stereocenters. The molecule has 0 atom stereocenters. The zero-order valence-corrected chi connectivity index (χ0v) is 9.79. The fraction of sp³-hybridized carbons (Fsp3) is 0.500. The lowest BCUT2D eigenvalue weighted by Gasteiger charge is -2.08. The molecular formula is C10H14ClN3O2. The summed E-state index contributed by atoms with van der Waals surface area (Å²) in [5.41, 5.74) is 0.274. The maximum Gasteiger partial charge on any atom is 0.156 e. The molecular weight excluding hydrogens is 230 g/mol. The summed E-state index contributed by atoms with van der Waals surface area (Å²) in [4.78, 5) is 18.8. The van der Waals surface area contributed by atoms with Crippen molar-refractivity contribution in [2.45, 2.75) is 19.8 Å². The number of aliphatic hydroxyl groups is 1. The van der Waals surface area contributed by atoms with Crippen molar-refractivity contribution in [3.05, 3.63) is 16.5 Å². The van der Waals surface area contributed by atoms with Crippen molar-refractivity contribution < 1.29 is 9.90 Å². The second kappa shape index (κ2) is 6.40. The number of hydrogen-bond acceptors (Lipinski definition) is 5. The number of aliphatic hydroxyl groups excluding tert-OH is 1. The summed E-state index contributed by atoms with van der Waals surface area (Å²) in [6, 6.07) is 0. The van der Waals surface area contributed by atoms with Crippen LogP contribution >= 0.6 is 11.6 Å².